The van der Waals surface area contributed by atoms with E-state index < -0.39 is 0 Å². The Labute approximate surface area is 113 Å². The van der Waals surface area contributed by atoms with E-state index >= 15 is 0 Å². The minimum atomic E-state index is 0.668. The largest absolute Gasteiger partial charge is 0.376 e. The van der Waals surface area contributed by atoms with Crippen molar-refractivity contribution in [2.24, 2.45) is 0 Å². The molecule has 2 aromatic heterocycles. The molecule has 0 saturated heterocycles. The number of nitrogens with zero attached hydrogens (tertiary/aromatic N) is 4. The summed E-state index contributed by atoms with van der Waals surface area (Å²) < 4.78 is 2.28. The lowest BCUT2D eigenvalue weighted by molar-refractivity contribution is 0.701. The predicted octanol–water partition coefficient (Wildman–Crippen LogP) is 2.29. The molecule has 1 fully saturated rings. The predicted molar refractivity (Wildman–Crippen MR) is 76.4 cm³/mol. The molecule has 0 spiro atoms. The van der Waals surface area contributed by atoms with E-state index in [0.29, 0.717) is 6.04 Å². The highest BCUT2D eigenvalue weighted by Gasteiger charge is 2.25. The lowest BCUT2D eigenvalue weighted by Gasteiger charge is -2.18. The molecule has 1 aliphatic rings. The Morgan fingerprint density at radius 3 is 2.89 bits per heavy atom. The highest BCUT2D eigenvalue weighted by Crippen LogP contribution is 2.35. The van der Waals surface area contributed by atoms with Gasteiger partial charge in [0.15, 0.2) is 0 Å². The van der Waals surface area contributed by atoms with Crippen LogP contribution < -0.4 is 10.2 Å². The van der Waals surface area contributed by atoms with Gasteiger partial charge in [0.25, 0.3) is 0 Å². The highest BCUT2D eigenvalue weighted by atomic mass is 15.1. The number of aromatic nitrogens is 3. The van der Waals surface area contributed by atoms with Crippen LogP contribution in [0, 0.1) is 0 Å². The van der Waals surface area contributed by atoms with E-state index in [-0.39, 0.29) is 0 Å². The van der Waals surface area contributed by atoms with Crippen LogP contribution in [0.4, 0.5) is 11.4 Å². The van der Waals surface area contributed by atoms with Gasteiger partial charge in [0.1, 0.15) is 0 Å². The van der Waals surface area contributed by atoms with Gasteiger partial charge in [-0.25, -0.2) is 4.98 Å². The van der Waals surface area contributed by atoms with E-state index in [1.165, 1.54) is 18.5 Å². The average molecular weight is 257 g/mol. The second kappa shape index (κ2) is 4.91. The first-order valence-corrected chi connectivity index (χ1v) is 6.61. The van der Waals surface area contributed by atoms with Crippen molar-refractivity contribution < 1.29 is 0 Å². The summed E-state index contributed by atoms with van der Waals surface area (Å²) in [7, 11) is 4.07. The van der Waals surface area contributed by atoms with E-state index in [1.54, 1.807) is 0 Å². The number of rotatable bonds is 5. The Balaban J connectivity index is 1.73. The zero-order chi connectivity index (χ0) is 13.2. The van der Waals surface area contributed by atoms with Crippen LogP contribution in [0.1, 0.15) is 24.6 Å². The third-order valence-corrected chi connectivity index (χ3v) is 3.43. The van der Waals surface area contributed by atoms with Gasteiger partial charge in [0.2, 0.25) is 0 Å². The Kier molecular flexibility index (Phi) is 3.11. The SMILES string of the molecule is CN(C)c1ccncc1NCc1cncn1C1CC1. The van der Waals surface area contributed by atoms with Crippen LogP contribution in [0.25, 0.3) is 0 Å². The average Bonchev–Trinajstić information content (AvgIpc) is 3.15. The molecule has 0 unspecified atom stereocenters. The first-order valence-electron chi connectivity index (χ1n) is 6.61. The Morgan fingerprint density at radius 2 is 2.16 bits per heavy atom. The molecular weight excluding hydrogens is 238 g/mol. The molecule has 0 amide bonds. The summed E-state index contributed by atoms with van der Waals surface area (Å²) in [5.41, 5.74) is 3.43. The normalized spacial score (nSPS) is 14.4. The third kappa shape index (κ3) is 2.54. The smallest absolute Gasteiger partial charge is 0.0951 e. The fourth-order valence-corrected chi connectivity index (χ4v) is 2.25. The molecule has 1 N–H and O–H groups in total. The zero-order valence-corrected chi connectivity index (χ0v) is 11.4. The molecule has 5 nitrogen and oxygen atoms in total. The van der Waals surface area contributed by atoms with Crippen molar-refractivity contribution in [2.45, 2.75) is 25.4 Å². The molecule has 0 atom stereocenters. The maximum Gasteiger partial charge on any atom is 0.0951 e. The molecule has 0 bridgehead atoms. The van der Waals surface area contributed by atoms with Crippen LogP contribution in [-0.4, -0.2) is 28.6 Å². The van der Waals surface area contributed by atoms with Gasteiger partial charge in [0, 0.05) is 32.5 Å². The number of hydrogen-bond acceptors (Lipinski definition) is 4. The molecule has 0 aliphatic heterocycles. The monoisotopic (exact) mass is 257 g/mol. The summed E-state index contributed by atoms with van der Waals surface area (Å²) in [4.78, 5) is 10.5. The Morgan fingerprint density at radius 1 is 1.32 bits per heavy atom. The van der Waals surface area contributed by atoms with E-state index in [9.17, 15) is 0 Å². The third-order valence-electron chi connectivity index (χ3n) is 3.43. The van der Waals surface area contributed by atoms with Crippen molar-refractivity contribution >= 4 is 11.4 Å². The van der Waals surface area contributed by atoms with Crippen LogP contribution in [-0.2, 0) is 6.54 Å². The summed E-state index contributed by atoms with van der Waals surface area (Å²) in [6.45, 7) is 0.781. The maximum absolute atomic E-state index is 4.25. The van der Waals surface area contributed by atoms with E-state index in [4.69, 9.17) is 0 Å². The summed E-state index contributed by atoms with van der Waals surface area (Å²) in [5, 5.41) is 3.46. The van der Waals surface area contributed by atoms with E-state index in [0.717, 1.165) is 17.9 Å². The van der Waals surface area contributed by atoms with Gasteiger partial charge in [-0.2, -0.15) is 0 Å². The number of nitrogens with one attached hydrogen (secondary N) is 1. The van der Waals surface area contributed by atoms with Crippen molar-refractivity contribution in [3.8, 4) is 0 Å². The van der Waals surface area contributed by atoms with Crippen molar-refractivity contribution in [3.63, 3.8) is 0 Å². The van der Waals surface area contributed by atoms with Gasteiger partial charge in [-0.3, -0.25) is 4.98 Å². The van der Waals surface area contributed by atoms with Crippen LogP contribution in [0.3, 0.4) is 0 Å². The standard InChI is InChI=1S/C14H19N5/c1-18(2)14-5-6-15-9-13(14)17-8-12-7-16-10-19(12)11-3-4-11/h5-7,9-11,17H,3-4,8H2,1-2H3. The van der Waals surface area contributed by atoms with Crippen LogP contribution in [0.15, 0.2) is 31.0 Å². The fraction of sp³-hybridized carbons (Fsp3) is 0.429. The van der Waals surface area contributed by atoms with Crippen LogP contribution in [0.5, 0.6) is 0 Å². The quantitative estimate of drug-likeness (QED) is 0.892. The zero-order valence-electron chi connectivity index (χ0n) is 11.4. The highest BCUT2D eigenvalue weighted by molar-refractivity contribution is 5.68. The summed E-state index contributed by atoms with van der Waals surface area (Å²) in [6.07, 6.45) is 10.1. The first kappa shape index (κ1) is 12.0. The van der Waals surface area contributed by atoms with Crippen molar-refractivity contribution in [1.82, 2.24) is 14.5 Å². The fourth-order valence-electron chi connectivity index (χ4n) is 2.25. The second-order valence-corrected chi connectivity index (χ2v) is 5.16. The topological polar surface area (TPSA) is 46.0 Å². The van der Waals surface area contributed by atoms with Crippen molar-refractivity contribution in [1.29, 1.82) is 0 Å². The second-order valence-electron chi connectivity index (χ2n) is 5.16. The van der Waals surface area contributed by atoms with Crippen molar-refractivity contribution in [2.75, 3.05) is 24.3 Å². The van der Waals surface area contributed by atoms with E-state index in [2.05, 4.69) is 24.8 Å². The molecule has 0 aromatic carbocycles. The first-order chi connectivity index (χ1) is 9.25. The lowest BCUT2D eigenvalue weighted by atomic mass is 10.3. The van der Waals surface area contributed by atoms with Crippen LogP contribution >= 0.6 is 0 Å². The van der Waals surface area contributed by atoms with Gasteiger partial charge in [-0.15, -0.1) is 0 Å². The summed E-state index contributed by atoms with van der Waals surface area (Å²) in [6, 6.07) is 2.68. The van der Waals surface area contributed by atoms with Gasteiger partial charge in [0.05, 0.1) is 36.1 Å². The van der Waals surface area contributed by atoms with Crippen molar-refractivity contribution in [3.05, 3.63) is 36.7 Å². The molecule has 0 radical (unpaired) electrons. The molecular formula is C14H19N5. The minimum absolute atomic E-state index is 0.668. The molecule has 100 valence electrons. The Hall–Kier alpha value is -2.04. The molecule has 5 heteroatoms. The van der Waals surface area contributed by atoms with Gasteiger partial charge in [-0.1, -0.05) is 0 Å². The molecule has 2 heterocycles. The number of hydrogen-bond donors (Lipinski definition) is 1. The molecule has 1 aliphatic carbocycles. The number of anilines is 2. The number of pyridine rings is 1. The van der Waals surface area contributed by atoms with Gasteiger partial charge in [-0.05, 0) is 18.9 Å². The van der Waals surface area contributed by atoms with Gasteiger partial charge < -0.3 is 14.8 Å². The Bertz CT molecular complexity index is 556. The molecule has 3 rings (SSSR count). The minimum Gasteiger partial charge on any atom is -0.376 e. The number of imidazole rings is 1. The van der Waals surface area contributed by atoms with Crippen LogP contribution in [0.2, 0.25) is 0 Å². The van der Waals surface area contributed by atoms with E-state index in [1.807, 2.05) is 45.1 Å². The lowest BCUT2D eigenvalue weighted by Crippen LogP contribution is -2.13. The molecule has 19 heavy (non-hydrogen) atoms. The molecule has 2 aromatic rings. The molecule has 1 saturated carbocycles. The maximum atomic E-state index is 4.25. The summed E-state index contributed by atoms with van der Waals surface area (Å²) >= 11 is 0. The van der Waals surface area contributed by atoms with Gasteiger partial charge >= 0.3 is 0 Å². The summed E-state index contributed by atoms with van der Waals surface area (Å²) in [5.74, 6) is 0.